The summed E-state index contributed by atoms with van der Waals surface area (Å²) in [4.78, 5) is 4.96. The third kappa shape index (κ3) is 3.66. The quantitative estimate of drug-likeness (QED) is 0.828. The van der Waals surface area contributed by atoms with E-state index in [0.717, 1.165) is 23.0 Å². The van der Waals surface area contributed by atoms with Gasteiger partial charge in [-0.05, 0) is 44.7 Å². The highest BCUT2D eigenvalue weighted by Gasteiger charge is 2.21. The highest BCUT2D eigenvalue weighted by atomic mass is 32.1. The van der Waals surface area contributed by atoms with Gasteiger partial charge < -0.3 is 11.1 Å². The number of aromatic nitrogens is 1. The Hall–Kier alpha value is -1.16. The van der Waals surface area contributed by atoms with Crippen molar-refractivity contribution in [2.24, 2.45) is 11.7 Å². The van der Waals surface area contributed by atoms with Gasteiger partial charge in [-0.2, -0.15) is 0 Å². The molecule has 4 heteroatoms. The second-order valence-corrected chi connectivity index (χ2v) is 5.98. The van der Waals surface area contributed by atoms with E-state index in [2.05, 4.69) is 17.2 Å². The largest absolute Gasteiger partial charge is 0.389 e. The van der Waals surface area contributed by atoms with Crippen molar-refractivity contribution in [3.63, 3.8) is 0 Å². The molecule has 0 saturated heterocycles. The number of pyridine rings is 1. The fourth-order valence-corrected chi connectivity index (χ4v) is 3.00. The number of aryl methyl sites for hydroxylation is 1. The van der Waals surface area contributed by atoms with Crippen molar-refractivity contribution in [2.75, 3.05) is 5.32 Å². The van der Waals surface area contributed by atoms with E-state index in [0.29, 0.717) is 11.0 Å². The van der Waals surface area contributed by atoms with E-state index in [4.69, 9.17) is 18.0 Å². The summed E-state index contributed by atoms with van der Waals surface area (Å²) in [5, 5.41) is 3.52. The molecule has 1 aliphatic carbocycles. The third-order valence-corrected chi connectivity index (χ3v) is 4.24. The Bertz CT molecular complexity index is 453. The summed E-state index contributed by atoms with van der Waals surface area (Å²) in [6.45, 7) is 4.23. The van der Waals surface area contributed by atoms with Gasteiger partial charge in [0.15, 0.2) is 0 Å². The normalized spacial score (nSPS) is 18.0. The Balaban J connectivity index is 2.12. The average Bonchev–Trinajstić information content (AvgIpc) is 2.39. The molecule has 3 N–H and O–H groups in total. The van der Waals surface area contributed by atoms with Gasteiger partial charge in [-0.15, -0.1) is 0 Å². The molecular formula is C15H23N3S. The molecule has 0 aromatic carbocycles. The van der Waals surface area contributed by atoms with Crippen molar-refractivity contribution >= 4 is 23.0 Å². The second-order valence-electron chi connectivity index (χ2n) is 5.54. The minimum atomic E-state index is 0.408. The van der Waals surface area contributed by atoms with Crippen molar-refractivity contribution < 1.29 is 0 Å². The van der Waals surface area contributed by atoms with E-state index in [9.17, 15) is 0 Å². The molecule has 0 radical (unpaired) electrons. The number of rotatable bonds is 4. The van der Waals surface area contributed by atoms with Gasteiger partial charge in [0.05, 0.1) is 5.56 Å². The molecule has 0 bridgehead atoms. The zero-order chi connectivity index (χ0) is 13.8. The SMILES string of the molecule is Cc1ccc(C(N)=S)c(NC(C)C2CCCCC2)n1. The summed E-state index contributed by atoms with van der Waals surface area (Å²) >= 11 is 5.10. The van der Waals surface area contributed by atoms with Crippen molar-refractivity contribution in [2.45, 2.75) is 52.0 Å². The summed E-state index contributed by atoms with van der Waals surface area (Å²) in [7, 11) is 0. The maximum Gasteiger partial charge on any atom is 0.136 e. The zero-order valence-electron chi connectivity index (χ0n) is 11.8. The van der Waals surface area contributed by atoms with E-state index in [1.165, 1.54) is 32.1 Å². The lowest BCUT2D eigenvalue weighted by Gasteiger charge is -2.29. The molecule has 1 saturated carbocycles. The van der Waals surface area contributed by atoms with Crippen LogP contribution in [0.15, 0.2) is 12.1 Å². The first-order valence-corrected chi connectivity index (χ1v) is 7.52. The van der Waals surface area contributed by atoms with Crippen LogP contribution in [0.3, 0.4) is 0 Å². The molecule has 1 unspecified atom stereocenters. The lowest BCUT2D eigenvalue weighted by atomic mass is 9.84. The smallest absolute Gasteiger partial charge is 0.136 e. The summed E-state index contributed by atoms with van der Waals surface area (Å²) in [5.74, 6) is 1.57. The Labute approximate surface area is 121 Å². The van der Waals surface area contributed by atoms with Gasteiger partial charge >= 0.3 is 0 Å². The molecule has 3 nitrogen and oxygen atoms in total. The standard InChI is InChI=1S/C15H23N3S/c1-10-8-9-13(14(16)19)15(17-10)18-11(2)12-6-4-3-5-7-12/h8-9,11-12H,3-7H2,1-2H3,(H2,16,19)(H,17,18). The van der Waals surface area contributed by atoms with E-state index < -0.39 is 0 Å². The molecule has 19 heavy (non-hydrogen) atoms. The van der Waals surface area contributed by atoms with Gasteiger partial charge in [0.1, 0.15) is 10.8 Å². The van der Waals surface area contributed by atoms with E-state index in [1.807, 2.05) is 19.1 Å². The van der Waals surface area contributed by atoms with Crippen LogP contribution in [-0.4, -0.2) is 16.0 Å². The van der Waals surface area contributed by atoms with Gasteiger partial charge in [-0.1, -0.05) is 31.5 Å². The summed E-state index contributed by atoms with van der Waals surface area (Å²) < 4.78 is 0. The molecule has 2 rings (SSSR count). The molecule has 104 valence electrons. The van der Waals surface area contributed by atoms with Crippen LogP contribution in [0.4, 0.5) is 5.82 Å². The summed E-state index contributed by atoms with van der Waals surface area (Å²) in [5.41, 5.74) is 7.61. The number of nitrogens with zero attached hydrogens (tertiary/aromatic N) is 1. The van der Waals surface area contributed by atoms with Crippen molar-refractivity contribution in [1.82, 2.24) is 4.98 Å². The number of hydrogen-bond donors (Lipinski definition) is 2. The first-order chi connectivity index (χ1) is 9.08. The molecule has 0 aliphatic heterocycles. The second kappa shape index (κ2) is 6.33. The van der Waals surface area contributed by atoms with Crippen molar-refractivity contribution in [1.29, 1.82) is 0 Å². The minimum absolute atomic E-state index is 0.408. The third-order valence-electron chi connectivity index (χ3n) is 4.02. The molecule has 1 aromatic rings. The number of nitrogens with one attached hydrogen (secondary N) is 1. The molecular weight excluding hydrogens is 254 g/mol. The maximum atomic E-state index is 5.77. The van der Waals surface area contributed by atoms with Gasteiger partial charge in [-0.3, -0.25) is 0 Å². The van der Waals surface area contributed by atoms with Crippen LogP contribution in [0.25, 0.3) is 0 Å². The summed E-state index contributed by atoms with van der Waals surface area (Å²) in [6.07, 6.45) is 6.69. The Morgan fingerprint density at radius 3 is 2.68 bits per heavy atom. The first kappa shape index (κ1) is 14.3. The number of nitrogens with two attached hydrogens (primary N) is 1. The van der Waals surface area contributed by atoms with E-state index in [-0.39, 0.29) is 0 Å². The highest BCUT2D eigenvalue weighted by molar-refractivity contribution is 7.80. The monoisotopic (exact) mass is 277 g/mol. The van der Waals surface area contributed by atoms with Crippen LogP contribution >= 0.6 is 12.2 Å². The fraction of sp³-hybridized carbons (Fsp3) is 0.600. The maximum absolute atomic E-state index is 5.77. The predicted molar refractivity (Wildman–Crippen MR) is 84.5 cm³/mol. The van der Waals surface area contributed by atoms with Crippen LogP contribution < -0.4 is 11.1 Å². The lowest BCUT2D eigenvalue weighted by molar-refractivity contribution is 0.328. The Morgan fingerprint density at radius 2 is 2.05 bits per heavy atom. The van der Waals surface area contributed by atoms with Gasteiger partial charge in [0, 0.05) is 11.7 Å². The molecule has 0 spiro atoms. The fourth-order valence-electron chi connectivity index (χ4n) is 2.83. The predicted octanol–water partition coefficient (Wildman–Crippen LogP) is 3.40. The first-order valence-electron chi connectivity index (χ1n) is 7.12. The van der Waals surface area contributed by atoms with Gasteiger partial charge in [0.2, 0.25) is 0 Å². The van der Waals surface area contributed by atoms with Gasteiger partial charge in [0.25, 0.3) is 0 Å². The van der Waals surface area contributed by atoms with Crippen LogP contribution in [0.5, 0.6) is 0 Å². The summed E-state index contributed by atoms with van der Waals surface area (Å²) in [6, 6.07) is 4.33. The van der Waals surface area contributed by atoms with Crippen LogP contribution in [0.1, 0.15) is 50.3 Å². The molecule has 1 aliphatic rings. The van der Waals surface area contributed by atoms with Crippen LogP contribution in [0.2, 0.25) is 0 Å². The lowest BCUT2D eigenvalue weighted by Crippen LogP contribution is -2.29. The minimum Gasteiger partial charge on any atom is -0.389 e. The van der Waals surface area contributed by atoms with E-state index >= 15 is 0 Å². The Kier molecular flexibility index (Phi) is 4.75. The molecule has 1 fully saturated rings. The van der Waals surface area contributed by atoms with E-state index in [1.54, 1.807) is 0 Å². The average molecular weight is 277 g/mol. The van der Waals surface area contributed by atoms with Crippen molar-refractivity contribution in [3.8, 4) is 0 Å². The van der Waals surface area contributed by atoms with Crippen molar-refractivity contribution in [3.05, 3.63) is 23.4 Å². The molecule has 1 aromatic heterocycles. The highest BCUT2D eigenvalue weighted by Crippen LogP contribution is 2.28. The molecule has 1 atom stereocenters. The topological polar surface area (TPSA) is 50.9 Å². The number of hydrogen-bond acceptors (Lipinski definition) is 3. The van der Waals surface area contributed by atoms with Crippen LogP contribution in [-0.2, 0) is 0 Å². The number of anilines is 1. The van der Waals surface area contributed by atoms with Gasteiger partial charge in [-0.25, -0.2) is 4.98 Å². The van der Waals surface area contributed by atoms with Crippen LogP contribution in [0, 0.1) is 12.8 Å². The number of thiocarbonyl (C=S) groups is 1. The molecule has 0 amide bonds. The Morgan fingerprint density at radius 1 is 1.37 bits per heavy atom. The molecule has 1 heterocycles. The zero-order valence-corrected chi connectivity index (χ0v) is 12.6.